The summed E-state index contributed by atoms with van der Waals surface area (Å²) in [5.74, 6) is 0.198. The average Bonchev–Trinajstić information content (AvgIpc) is 3.25. The van der Waals surface area contributed by atoms with Gasteiger partial charge in [-0.1, -0.05) is 56.7 Å². The maximum atomic E-state index is 14.3. The minimum atomic E-state index is -0.168. The summed E-state index contributed by atoms with van der Waals surface area (Å²) in [5, 5.41) is 4.54. The Balaban J connectivity index is 1.86. The molecule has 0 amide bonds. The van der Waals surface area contributed by atoms with Crippen molar-refractivity contribution in [3.8, 4) is 0 Å². The van der Waals surface area contributed by atoms with Gasteiger partial charge in [-0.15, -0.1) is 0 Å². The fraction of sp³-hybridized carbons (Fsp3) is 0.517. The Bertz CT molecular complexity index is 887. The molecule has 2 unspecified atom stereocenters. The number of hydrogen-bond acceptors (Lipinski definition) is 3. The molecule has 3 nitrogen and oxygen atoms in total. The zero-order chi connectivity index (χ0) is 24.2. The maximum Gasteiger partial charge on any atom is 0.133 e. The molecule has 0 bridgehead atoms. The zero-order valence-corrected chi connectivity index (χ0v) is 21.1. The van der Waals surface area contributed by atoms with Crippen LogP contribution in [0.1, 0.15) is 94.7 Å². The van der Waals surface area contributed by atoms with Crippen molar-refractivity contribution in [3.05, 3.63) is 70.6 Å². The molecular weight excluding hydrogens is 411 g/mol. The van der Waals surface area contributed by atoms with Crippen molar-refractivity contribution < 1.29 is 9.18 Å². The van der Waals surface area contributed by atoms with E-state index in [4.69, 9.17) is 0 Å². The lowest BCUT2D eigenvalue weighted by Crippen LogP contribution is -2.19. The molecule has 4 heteroatoms. The quantitative estimate of drug-likeness (QED) is 0.312. The van der Waals surface area contributed by atoms with Crippen LogP contribution in [0.2, 0.25) is 0 Å². The van der Waals surface area contributed by atoms with Crippen LogP contribution < -0.4 is 5.43 Å². The molecule has 2 rings (SSSR count). The second-order valence-electron chi connectivity index (χ2n) is 9.11. The molecule has 1 heterocycles. The monoisotopic (exact) mass is 452 g/mol. The third kappa shape index (κ3) is 8.42. The Morgan fingerprint density at radius 2 is 2.09 bits per heavy atom. The van der Waals surface area contributed by atoms with Gasteiger partial charge in [0.05, 0.1) is 5.71 Å². The van der Waals surface area contributed by atoms with Gasteiger partial charge in [-0.2, -0.15) is 5.10 Å². The van der Waals surface area contributed by atoms with Crippen LogP contribution in [0.5, 0.6) is 0 Å². The van der Waals surface area contributed by atoms with Crippen LogP contribution in [-0.2, 0) is 4.79 Å². The van der Waals surface area contributed by atoms with Crippen molar-refractivity contribution in [2.24, 2.45) is 5.10 Å². The summed E-state index contributed by atoms with van der Waals surface area (Å²) in [7, 11) is 0. The van der Waals surface area contributed by atoms with E-state index in [1.807, 2.05) is 19.9 Å². The van der Waals surface area contributed by atoms with Gasteiger partial charge in [0.25, 0.3) is 0 Å². The van der Waals surface area contributed by atoms with E-state index in [0.29, 0.717) is 18.4 Å². The number of nitrogens with one attached hydrogen (secondary N) is 1. The first-order valence-corrected chi connectivity index (χ1v) is 12.5. The summed E-state index contributed by atoms with van der Waals surface area (Å²) in [4.78, 5) is 12.7. The van der Waals surface area contributed by atoms with Crippen molar-refractivity contribution in [3.63, 3.8) is 0 Å². The predicted octanol–water partition coefficient (Wildman–Crippen LogP) is 7.64. The summed E-state index contributed by atoms with van der Waals surface area (Å²) in [6.45, 7) is 10.00. The molecule has 0 saturated heterocycles. The fourth-order valence-corrected chi connectivity index (χ4v) is 4.31. The number of carbonyl (C=O) groups is 1. The second kappa shape index (κ2) is 13.9. The van der Waals surface area contributed by atoms with Gasteiger partial charge >= 0.3 is 0 Å². The molecule has 0 saturated carbocycles. The van der Waals surface area contributed by atoms with Crippen molar-refractivity contribution in [2.45, 2.75) is 97.9 Å². The highest BCUT2D eigenvalue weighted by Gasteiger charge is 2.21. The number of hydrazone groups is 1. The van der Waals surface area contributed by atoms with Crippen molar-refractivity contribution in [2.75, 3.05) is 0 Å². The van der Waals surface area contributed by atoms with Crippen LogP contribution in [0.3, 0.4) is 0 Å². The lowest BCUT2D eigenvalue weighted by molar-refractivity contribution is -0.119. The number of nitrogens with zero attached hydrogens (tertiary/aromatic N) is 1. The Hall–Kier alpha value is -2.49. The molecule has 0 aliphatic carbocycles. The molecule has 1 aromatic rings. The van der Waals surface area contributed by atoms with E-state index < -0.39 is 0 Å². The Morgan fingerprint density at radius 1 is 1.30 bits per heavy atom. The number of rotatable bonds is 13. The molecule has 1 aliphatic rings. The number of Topliss-reactive ketones (excluding diaryl/α,β-unsaturated/α-hetero) is 1. The van der Waals surface area contributed by atoms with E-state index in [1.54, 1.807) is 13.0 Å². The van der Waals surface area contributed by atoms with E-state index in [9.17, 15) is 9.18 Å². The van der Waals surface area contributed by atoms with Crippen LogP contribution in [0, 0.1) is 19.7 Å². The minimum absolute atomic E-state index is 0.0977. The highest BCUT2D eigenvalue weighted by Crippen LogP contribution is 2.29. The zero-order valence-electron chi connectivity index (χ0n) is 21.1. The van der Waals surface area contributed by atoms with Crippen molar-refractivity contribution >= 4 is 11.5 Å². The molecule has 1 aliphatic heterocycles. The molecule has 33 heavy (non-hydrogen) atoms. The Labute approximate surface area is 199 Å². The fourth-order valence-electron chi connectivity index (χ4n) is 4.31. The van der Waals surface area contributed by atoms with Gasteiger partial charge in [0.2, 0.25) is 0 Å². The van der Waals surface area contributed by atoms with E-state index in [1.165, 1.54) is 0 Å². The van der Waals surface area contributed by atoms with E-state index in [0.717, 1.165) is 60.9 Å². The van der Waals surface area contributed by atoms with Gasteiger partial charge in [0.15, 0.2) is 0 Å². The smallest absolute Gasteiger partial charge is 0.133 e. The lowest BCUT2D eigenvalue weighted by atomic mass is 9.87. The molecule has 2 atom stereocenters. The van der Waals surface area contributed by atoms with Gasteiger partial charge < -0.3 is 5.43 Å². The molecular formula is C29H41FN2O. The van der Waals surface area contributed by atoms with Gasteiger partial charge in [-0.3, -0.25) is 4.79 Å². The standard InChI is InChI=1S/C29H41FN2O/c1-6-9-10-14-23(12-7-2)29-20-26(31-32-29)15-11-16-27(33)18-24(13-8-3)25-17-21(4)22(5)28(30)19-25/h7,9-10,12,14,17,19,24,26,31H,6,8,11,13,15-16,18,20H2,1-5H3/b10-9+,12-7-,23-14+. The van der Waals surface area contributed by atoms with E-state index >= 15 is 0 Å². The third-order valence-corrected chi connectivity index (χ3v) is 6.37. The molecule has 0 aromatic heterocycles. The minimum Gasteiger partial charge on any atom is -0.306 e. The van der Waals surface area contributed by atoms with Crippen molar-refractivity contribution in [1.82, 2.24) is 5.43 Å². The first kappa shape index (κ1) is 26.8. The highest BCUT2D eigenvalue weighted by atomic mass is 19.1. The van der Waals surface area contributed by atoms with Crippen molar-refractivity contribution in [1.29, 1.82) is 0 Å². The number of halogens is 1. The maximum absolute atomic E-state index is 14.3. The molecule has 180 valence electrons. The Morgan fingerprint density at radius 3 is 2.76 bits per heavy atom. The van der Waals surface area contributed by atoms with Gasteiger partial charge in [-0.05, 0) is 80.7 Å². The largest absolute Gasteiger partial charge is 0.306 e. The molecule has 1 N–H and O–H groups in total. The number of benzene rings is 1. The molecule has 0 radical (unpaired) electrons. The van der Waals surface area contributed by atoms with Gasteiger partial charge in [0, 0.05) is 25.3 Å². The van der Waals surface area contributed by atoms with E-state index in [2.05, 4.69) is 54.7 Å². The number of allylic oxidation sites excluding steroid dienone is 6. The summed E-state index contributed by atoms with van der Waals surface area (Å²) < 4.78 is 14.3. The Kier molecular flexibility index (Phi) is 11.3. The number of ketones is 1. The number of aryl methyl sites for hydroxylation is 1. The summed E-state index contributed by atoms with van der Waals surface area (Å²) in [6.07, 6.45) is 17.1. The SMILES string of the molecule is C\C=C/C(=C\C=C\CC)C1=NNC(CCCC(=O)CC(CCC)c2cc(C)c(C)c(F)c2)C1. The van der Waals surface area contributed by atoms with E-state index in [-0.39, 0.29) is 23.6 Å². The topological polar surface area (TPSA) is 41.5 Å². The predicted molar refractivity (Wildman–Crippen MR) is 138 cm³/mol. The van der Waals surface area contributed by atoms with Gasteiger partial charge in [-0.25, -0.2) is 4.39 Å². The number of hydrogen-bond donors (Lipinski definition) is 1. The van der Waals surface area contributed by atoms with Gasteiger partial charge in [0.1, 0.15) is 11.6 Å². The summed E-state index contributed by atoms with van der Waals surface area (Å²) >= 11 is 0. The first-order chi connectivity index (χ1) is 15.9. The lowest BCUT2D eigenvalue weighted by Gasteiger charge is -2.18. The summed E-state index contributed by atoms with van der Waals surface area (Å²) in [5.41, 5.74) is 8.07. The van der Waals surface area contributed by atoms with Crippen LogP contribution in [0.15, 0.2) is 53.2 Å². The average molecular weight is 453 g/mol. The molecule has 0 spiro atoms. The first-order valence-electron chi connectivity index (χ1n) is 12.5. The third-order valence-electron chi connectivity index (χ3n) is 6.37. The normalized spacial score (nSPS) is 17.6. The summed E-state index contributed by atoms with van der Waals surface area (Å²) in [6, 6.07) is 3.96. The van der Waals surface area contributed by atoms with Crippen LogP contribution in [-0.4, -0.2) is 17.5 Å². The van der Waals surface area contributed by atoms with Crippen LogP contribution >= 0.6 is 0 Å². The molecule has 0 fully saturated rings. The highest BCUT2D eigenvalue weighted by molar-refractivity contribution is 6.03. The second-order valence-corrected chi connectivity index (χ2v) is 9.11. The van der Waals surface area contributed by atoms with Crippen LogP contribution in [0.4, 0.5) is 4.39 Å². The molecule has 1 aromatic carbocycles. The van der Waals surface area contributed by atoms with Crippen LogP contribution in [0.25, 0.3) is 0 Å². The number of carbonyl (C=O) groups excluding carboxylic acids is 1.